The summed E-state index contributed by atoms with van der Waals surface area (Å²) in [6, 6.07) is 14.4. The Hall–Kier alpha value is -1.71. The van der Waals surface area contributed by atoms with Crippen LogP contribution in [-0.4, -0.2) is 36.0 Å². The van der Waals surface area contributed by atoms with E-state index in [4.69, 9.17) is 17.0 Å². The van der Waals surface area contributed by atoms with E-state index in [1.165, 1.54) is 41.2 Å². The third-order valence-electron chi connectivity index (χ3n) is 5.24. The molecule has 118 valence electrons. The summed E-state index contributed by atoms with van der Waals surface area (Å²) in [5.41, 5.74) is 2.88. The average molecular weight is 323 g/mol. The molecule has 2 heterocycles. The number of benzene rings is 2. The molecule has 0 radical (unpaired) electrons. The maximum absolute atomic E-state index is 5.58. The number of fused-ring (bicyclic) bond motifs is 3. The maximum atomic E-state index is 5.58. The van der Waals surface area contributed by atoms with Gasteiger partial charge >= 0.3 is 0 Å². The topological polar surface area (TPSA) is 12.5 Å². The first-order chi connectivity index (χ1) is 11.2. The number of hydrogen-bond acceptors (Lipinski definition) is 3. The number of ether oxygens (including phenoxy) is 1. The second-order valence-corrected chi connectivity index (χ2v) is 6.89. The summed E-state index contributed by atoms with van der Waals surface area (Å²) in [5.74, 6) is 0.878. The Bertz CT molecular complexity index is 782. The highest BCUT2D eigenvalue weighted by Gasteiger charge is 2.33. The van der Waals surface area contributed by atoms with Crippen LogP contribution >= 0.6 is 12.2 Å². The van der Waals surface area contributed by atoms with Crippen LogP contribution in [0.2, 0.25) is 0 Å². The first kappa shape index (κ1) is 14.9. The van der Waals surface area contributed by atoms with Crippen LogP contribution in [0.5, 0.6) is 5.75 Å². The van der Waals surface area contributed by atoms with Gasteiger partial charge in [0.1, 0.15) is 12.4 Å². The van der Waals surface area contributed by atoms with Crippen LogP contribution < -0.4 is 4.74 Å². The van der Waals surface area contributed by atoms with Crippen LogP contribution in [0.1, 0.15) is 24.8 Å². The molecule has 2 aliphatic rings. The van der Waals surface area contributed by atoms with Gasteiger partial charge in [-0.25, -0.2) is 0 Å². The zero-order chi connectivity index (χ0) is 15.8. The molecule has 2 atom stereocenters. The van der Waals surface area contributed by atoms with Crippen LogP contribution in [-0.2, 0) is 0 Å². The standard InChI is InChI=1S/C20H21NOS/c1-21-18-5-6-19(21)12-17(11-18)15-2-3-16-13-20(22-8-9-23)7-4-14(16)10-15/h2-4,7,9-11,13,18-19H,5-6,8,12H2,1H3. The summed E-state index contributed by atoms with van der Waals surface area (Å²) in [4.78, 5) is 2.53. The maximum Gasteiger partial charge on any atom is 0.120 e. The lowest BCUT2D eigenvalue weighted by Crippen LogP contribution is -2.34. The molecule has 2 aromatic carbocycles. The summed E-state index contributed by atoms with van der Waals surface area (Å²) in [5, 5.41) is 4.09. The fourth-order valence-electron chi connectivity index (χ4n) is 3.90. The second-order valence-electron chi connectivity index (χ2n) is 6.56. The Morgan fingerprint density at radius 2 is 2.00 bits per heavy atom. The van der Waals surface area contributed by atoms with E-state index in [1.807, 2.05) is 6.07 Å². The normalized spacial score (nSPS) is 23.8. The monoisotopic (exact) mass is 323 g/mol. The van der Waals surface area contributed by atoms with Gasteiger partial charge in [-0.1, -0.05) is 36.5 Å². The molecular weight excluding hydrogens is 302 g/mol. The molecule has 0 amide bonds. The molecule has 0 N–H and O–H groups in total. The Morgan fingerprint density at radius 3 is 2.83 bits per heavy atom. The lowest BCUT2D eigenvalue weighted by Gasteiger charge is -2.30. The van der Waals surface area contributed by atoms with Crippen molar-refractivity contribution in [2.45, 2.75) is 31.3 Å². The Labute approximate surface area is 142 Å². The number of thiocarbonyl (C=S) groups is 1. The second kappa shape index (κ2) is 6.06. The Morgan fingerprint density at radius 1 is 1.17 bits per heavy atom. The molecule has 2 aromatic rings. The van der Waals surface area contributed by atoms with Crippen molar-refractivity contribution in [2.24, 2.45) is 0 Å². The van der Waals surface area contributed by atoms with Gasteiger partial charge < -0.3 is 4.74 Å². The van der Waals surface area contributed by atoms with Gasteiger partial charge in [0.05, 0.1) is 0 Å². The van der Waals surface area contributed by atoms with Crippen molar-refractivity contribution in [3.05, 3.63) is 48.0 Å². The van der Waals surface area contributed by atoms with Crippen molar-refractivity contribution in [3.8, 4) is 5.75 Å². The number of likely N-dealkylation sites (N-methyl/N-ethyl adjacent to an activating group) is 1. The quantitative estimate of drug-likeness (QED) is 0.770. The largest absolute Gasteiger partial charge is 0.489 e. The molecular formula is C20H21NOS. The predicted octanol–water partition coefficient (Wildman–Crippen LogP) is 4.47. The highest BCUT2D eigenvalue weighted by Crippen LogP contribution is 2.38. The van der Waals surface area contributed by atoms with E-state index in [9.17, 15) is 0 Å². The van der Waals surface area contributed by atoms with Gasteiger partial charge in [-0.05, 0) is 66.4 Å². The van der Waals surface area contributed by atoms with E-state index in [-0.39, 0.29) is 0 Å². The van der Waals surface area contributed by atoms with Crippen molar-refractivity contribution in [3.63, 3.8) is 0 Å². The van der Waals surface area contributed by atoms with Crippen molar-refractivity contribution >= 4 is 33.9 Å². The zero-order valence-corrected chi connectivity index (χ0v) is 14.2. The van der Waals surface area contributed by atoms with Crippen LogP contribution in [0.3, 0.4) is 0 Å². The Kier molecular flexibility index (Phi) is 3.92. The van der Waals surface area contributed by atoms with Crippen molar-refractivity contribution in [1.82, 2.24) is 4.90 Å². The highest BCUT2D eigenvalue weighted by molar-refractivity contribution is 7.79. The van der Waals surface area contributed by atoms with Gasteiger partial charge in [-0.2, -0.15) is 0 Å². The molecule has 23 heavy (non-hydrogen) atoms. The van der Waals surface area contributed by atoms with Gasteiger partial charge in [-0.3, -0.25) is 4.90 Å². The van der Waals surface area contributed by atoms with Crippen molar-refractivity contribution < 1.29 is 4.74 Å². The highest BCUT2D eigenvalue weighted by atomic mass is 32.1. The van der Waals surface area contributed by atoms with Gasteiger partial charge in [0.25, 0.3) is 0 Å². The molecule has 0 spiro atoms. The lowest BCUT2D eigenvalue weighted by molar-refractivity contribution is 0.264. The number of rotatable bonds is 4. The van der Waals surface area contributed by atoms with E-state index in [1.54, 1.807) is 5.37 Å². The molecule has 0 saturated carbocycles. The minimum atomic E-state index is 0.474. The Balaban J connectivity index is 1.64. The fourth-order valence-corrected chi connectivity index (χ4v) is 3.97. The molecule has 1 saturated heterocycles. The first-order valence-electron chi connectivity index (χ1n) is 8.28. The van der Waals surface area contributed by atoms with E-state index >= 15 is 0 Å². The summed E-state index contributed by atoms with van der Waals surface area (Å²) >= 11 is 4.81. The smallest absolute Gasteiger partial charge is 0.120 e. The van der Waals surface area contributed by atoms with E-state index in [0.29, 0.717) is 12.6 Å². The first-order valence-corrected chi connectivity index (χ1v) is 8.75. The summed E-state index contributed by atoms with van der Waals surface area (Å²) in [6.45, 7) is 0.474. The minimum absolute atomic E-state index is 0.474. The van der Waals surface area contributed by atoms with E-state index < -0.39 is 0 Å². The molecule has 0 aromatic heterocycles. The number of hydrogen-bond donors (Lipinski definition) is 0. The molecule has 2 bridgehead atoms. The van der Waals surface area contributed by atoms with Crippen LogP contribution in [0.4, 0.5) is 0 Å². The van der Waals surface area contributed by atoms with Gasteiger partial charge in [0, 0.05) is 17.5 Å². The SMILES string of the molecule is CN1C2C=C(c3ccc4cc(OCC=S)ccc4c3)CC1CC2. The molecule has 4 rings (SSSR count). The predicted molar refractivity (Wildman–Crippen MR) is 100 cm³/mol. The van der Waals surface area contributed by atoms with E-state index in [0.717, 1.165) is 11.8 Å². The third kappa shape index (κ3) is 2.79. The molecule has 2 aliphatic heterocycles. The van der Waals surface area contributed by atoms with Gasteiger partial charge in [0.15, 0.2) is 0 Å². The molecule has 3 heteroatoms. The minimum Gasteiger partial charge on any atom is -0.489 e. The zero-order valence-electron chi connectivity index (χ0n) is 13.4. The van der Waals surface area contributed by atoms with Gasteiger partial charge in [-0.15, -0.1) is 0 Å². The third-order valence-corrected chi connectivity index (χ3v) is 5.38. The van der Waals surface area contributed by atoms with Crippen molar-refractivity contribution in [1.29, 1.82) is 0 Å². The lowest BCUT2D eigenvalue weighted by atomic mass is 9.93. The fraction of sp³-hybridized carbons (Fsp3) is 0.350. The summed E-state index contributed by atoms with van der Waals surface area (Å²) < 4.78 is 5.58. The average Bonchev–Trinajstić information content (AvgIpc) is 2.80. The summed E-state index contributed by atoms with van der Waals surface area (Å²) in [6.07, 6.45) is 6.28. The summed E-state index contributed by atoms with van der Waals surface area (Å²) in [7, 11) is 2.26. The molecule has 0 aliphatic carbocycles. The van der Waals surface area contributed by atoms with Gasteiger partial charge in [0.2, 0.25) is 0 Å². The van der Waals surface area contributed by atoms with Crippen molar-refractivity contribution in [2.75, 3.05) is 13.7 Å². The van der Waals surface area contributed by atoms with Crippen LogP contribution in [0.15, 0.2) is 42.5 Å². The van der Waals surface area contributed by atoms with Crippen LogP contribution in [0.25, 0.3) is 16.3 Å². The number of nitrogens with zero attached hydrogens (tertiary/aromatic N) is 1. The van der Waals surface area contributed by atoms with E-state index in [2.05, 4.69) is 48.4 Å². The molecule has 2 nitrogen and oxygen atoms in total. The molecule has 1 fully saturated rings. The molecule has 2 unspecified atom stereocenters. The van der Waals surface area contributed by atoms with Crippen LogP contribution in [0, 0.1) is 0 Å².